The average Bonchev–Trinajstić information content (AvgIpc) is 3.54. The van der Waals surface area contributed by atoms with Crippen LogP contribution >= 0.6 is 0 Å². The topological polar surface area (TPSA) is 98.7 Å². The molecule has 0 saturated heterocycles. The van der Waals surface area contributed by atoms with E-state index in [4.69, 9.17) is 9.47 Å². The second-order valence-electron chi connectivity index (χ2n) is 10.9. The van der Waals surface area contributed by atoms with Crippen molar-refractivity contribution < 1.29 is 22.3 Å². The number of hydrogen-bond acceptors (Lipinski definition) is 6. The molecule has 0 radical (unpaired) electrons. The summed E-state index contributed by atoms with van der Waals surface area (Å²) in [5.74, 6) is 0.382. The number of halogens is 1. The van der Waals surface area contributed by atoms with Crippen molar-refractivity contribution in [1.82, 2.24) is 4.57 Å². The van der Waals surface area contributed by atoms with E-state index in [0.717, 1.165) is 5.56 Å². The fourth-order valence-electron chi connectivity index (χ4n) is 5.25. The van der Waals surface area contributed by atoms with Crippen molar-refractivity contribution >= 4 is 27.1 Å². The van der Waals surface area contributed by atoms with Gasteiger partial charge in [-0.25, -0.2) is 12.8 Å². The molecule has 10 heteroatoms. The predicted molar refractivity (Wildman–Crippen MR) is 151 cm³/mol. The number of ether oxygens (including phenoxy) is 2. The first kappa shape index (κ1) is 27.5. The lowest BCUT2D eigenvalue weighted by molar-refractivity contribution is 0.0989. The number of rotatable bonds is 11. The summed E-state index contributed by atoms with van der Waals surface area (Å²) in [6.45, 7) is 7.18. The SMILES string of the molecule is Cc1ccc(Nc2c(NS(=O)(=O)C3(CCCOCC4C=CC=CC4C)CC3)c3n(c(=O)c2C)CCO3)c(F)c1. The minimum absolute atomic E-state index is 0.137. The Hall–Kier alpha value is -3.11. The summed E-state index contributed by atoms with van der Waals surface area (Å²) in [6, 6.07) is 4.68. The Morgan fingerprint density at radius 3 is 2.67 bits per heavy atom. The normalized spacial score (nSPS) is 20.9. The van der Waals surface area contributed by atoms with Crippen LogP contribution in [0, 0.1) is 31.5 Å². The second-order valence-corrected chi connectivity index (χ2v) is 12.9. The molecular weight excluding hydrogens is 521 g/mol. The average molecular weight is 558 g/mol. The van der Waals surface area contributed by atoms with Crippen LogP contribution in [-0.4, -0.2) is 37.6 Å². The largest absolute Gasteiger partial charge is 0.475 e. The Kier molecular flexibility index (Phi) is 7.61. The standard InChI is InChI=1S/C29H36FN3O5S/c1-19-9-10-24(23(30)17-19)31-25-21(3)27(34)33-14-16-38-28(33)26(25)32-39(35,36)29(12-13-29)11-6-15-37-18-22-8-5-4-7-20(22)2/h4-5,7-10,17,20,22,31-32H,6,11-16,18H2,1-3H3. The maximum Gasteiger partial charge on any atom is 0.258 e. The van der Waals surface area contributed by atoms with Gasteiger partial charge in [0.25, 0.3) is 5.56 Å². The highest BCUT2D eigenvalue weighted by Gasteiger charge is 2.54. The summed E-state index contributed by atoms with van der Waals surface area (Å²) in [4.78, 5) is 13.0. The lowest BCUT2D eigenvalue weighted by Gasteiger charge is -2.23. The molecule has 2 aliphatic carbocycles. The number of sulfonamides is 1. The third-order valence-corrected chi connectivity index (χ3v) is 10.2. The molecule has 2 heterocycles. The zero-order valence-corrected chi connectivity index (χ0v) is 23.4. The van der Waals surface area contributed by atoms with Crippen LogP contribution < -0.4 is 20.3 Å². The van der Waals surface area contributed by atoms with Gasteiger partial charge >= 0.3 is 0 Å². The van der Waals surface area contributed by atoms with Gasteiger partial charge in [0.1, 0.15) is 18.1 Å². The number of aryl methyl sites for hydroxylation is 1. The summed E-state index contributed by atoms with van der Waals surface area (Å²) in [7, 11) is -3.86. The predicted octanol–water partition coefficient (Wildman–Crippen LogP) is 5.19. The minimum atomic E-state index is -3.86. The van der Waals surface area contributed by atoms with Crippen LogP contribution in [0.1, 0.15) is 43.7 Å². The Bertz CT molecular complexity index is 1480. The van der Waals surface area contributed by atoms with Gasteiger partial charge in [-0.1, -0.05) is 37.3 Å². The summed E-state index contributed by atoms with van der Waals surface area (Å²) in [5.41, 5.74) is 1.19. The summed E-state index contributed by atoms with van der Waals surface area (Å²) < 4.78 is 57.1. The van der Waals surface area contributed by atoms with Crippen molar-refractivity contribution in [2.45, 2.75) is 57.7 Å². The van der Waals surface area contributed by atoms with E-state index in [1.165, 1.54) is 10.6 Å². The van der Waals surface area contributed by atoms with Crippen molar-refractivity contribution in [2.75, 3.05) is 29.9 Å². The molecule has 2 N–H and O–H groups in total. The number of nitrogens with zero attached hydrogens (tertiary/aromatic N) is 1. The Labute approximate surface area is 229 Å². The zero-order chi connectivity index (χ0) is 27.8. The van der Waals surface area contributed by atoms with Crippen LogP contribution in [0.3, 0.4) is 0 Å². The molecule has 1 saturated carbocycles. The highest BCUT2D eigenvalue weighted by molar-refractivity contribution is 7.94. The number of allylic oxidation sites excluding steroid dienone is 3. The molecule has 1 aromatic heterocycles. The van der Waals surface area contributed by atoms with Gasteiger partial charge in [-0.2, -0.15) is 0 Å². The van der Waals surface area contributed by atoms with E-state index in [9.17, 15) is 17.6 Å². The maximum absolute atomic E-state index is 14.7. The van der Waals surface area contributed by atoms with Crippen LogP contribution in [0.5, 0.6) is 5.88 Å². The van der Waals surface area contributed by atoms with E-state index >= 15 is 0 Å². The van der Waals surface area contributed by atoms with Crippen molar-refractivity contribution in [3.05, 3.63) is 69.8 Å². The molecule has 0 amide bonds. The number of anilines is 3. The molecular formula is C29H36FN3O5S. The quantitative estimate of drug-likeness (QED) is 0.369. The first-order valence-corrected chi connectivity index (χ1v) is 15.0. The number of fused-ring (bicyclic) bond motifs is 1. The monoisotopic (exact) mass is 557 g/mol. The smallest absolute Gasteiger partial charge is 0.258 e. The fraction of sp³-hybridized carbons (Fsp3) is 0.483. The van der Waals surface area contributed by atoms with E-state index in [2.05, 4.69) is 29.1 Å². The first-order chi connectivity index (χ1) is 18.6. The van der Waals surface area contributed by atoms with Gasteiger partial charge in [0, 0.05) is 18.1 Å². The number of benzene rings is 1. The number of pyridine rings is 1. The van der Waals surface area contributed by atoms with Gasteiger partial charge in [0.05, 0.1) is 29.3 Å². The van der Waals surface area contributed by atoms with Gasteiger partial charge in [-0.05, 0) is 63.1 Å². The van der Waals surface area contributed by atoms with E-state index < -0.39 is 20.6 Å². The molecule has 8 nitrogen and oxygen atoms in total. The summed E-state index contributed by atoms with van der Waals surface area (Å²) in [5, 5.41) is 2.97. The van der Waals surface area contributed by atoms with Gasteiger partial charge in [0.15, 0.2) is 0 Å². The van der Waals surface area contributed by atoms with Crippen molar-refractivity contribution in [3.63, 3.8) is 0 Å². The van der Waals surface area contributed by atoms with Crippen LogP contribution in [-0.2, 0) is 21.3 Å². The van der Waals surface area contributed by atoms with Crippen LogP contribution in [0.15, 0.2) is 47.3 Å². The molecule has 1 aliphatic heterocycles. The van der Waals surface area contributed by atoms with E-state index in [0.29, 0.717) is 57.3 Å². The zero-order valence-electron chi connectivity index (χ0n) is 22.6. The Morgan fingerprint density at radius 2 is 1.95 bits per heavy atom. The Balaban J connectivity index is 1.33. The molecule has 1 aromatic carbocycles. The van der Waals surface area contributed by atoms with Crippen molar-refractivity contribution in [2.24, 2.45) is 11.8 Å². The minimum Gasteiger partial charge on any atom is -0.475 e. The lowest BCUT2D eigenvalue weighted by Crippen LogP contribution is -2.32. The molecule has 2 unspecified atom stereocenters. The number of nitrogens with one attached hydrogen (secondary N) is 2. The summed E-state index contributed by atoms with van der Waals surface area (Å²) in [6.07, 6.45) is 10.5. The lowest BCUT2D eigenvalue weighted by atomic mass is 9.91. The maximum atomic E-state index is 14.7. The second kappa shape index (κ2) is 10.8. The van der Waals surface area contributed by atoms with Crippen molar-refractivity contribution in [1.29, 1.82) is 0 Å². The van der Waals surface area contributed by atoms with Gasteiger partial charge in [-0.15, -0.1) is 0 Å². The molecule has 0 bridgehead atoms. The molecule has 39 heavy (non-hydrogen) atoms. The molecule has 2 aromatic rings. The summed E-state index contributed by atoms with van der Waals surface area (Å²) >= 11 is 0. The van der Waals surface area contributed by atoms with Crippen LogP contribution in [0.25, 0.3) is 0 Å². The third-order valence-electron chi connectivity index (χ3n) is 7.99. The van der Waals surface area contributed by atoms with Crippen molar-refractivity contribution in [3.8, 4) is 5.88 Å². The fourth-order valence-corrected chi connectivity index (χ4v) is 6.97. The highest BCUT2D eigenvalue weighted by atomic mass is 32.2. The first-order valence-electron chi connectivity index (χ1n) is 13.5. The molecule has 5 rings (SSSR count). The Morgan fingerprint density at radius 1 is 1.18 bits per heavy atom. The molecule has 3 aliphatic rings. The number of hydrogen-bond donors (Lipinski definition) is 2. The van der Waals surface area contributed by atoms with Crippen LogP contribution in [0.4, 0.5) is 21.5 Å². The van der Waals surface area contributed by atoms with E-state index in [-0.39, 0.29) is 40.7 Å². The molecule has 210 valence electrons. The molecule has 0 spiro atoms. The third kappa shape index (κ3) is 5.49. The highest BCUT2D eigenvalue weighted by Crippen LogP contribution is 2.49. The van der Waals surface area contributed by atoms with E-state index in [1.807, 2.05) is 12.2 Å². The number of aromatic nitrogens is 1. The van der Waals surface area contributed by atoms with Gasteiger partial charge in [0.2, 0.25) is 15.9 Å². The van der Waals surface area contributed by atoms with Crippen LogP contribution in [0.2, 0.25) is 0 Å². The molecule has 1 fully saturated rings. The van der Waals surface area contributed by atoms with Gasteiger partial charge in [-0.3, -0.25) is 14.1 Å². The molecule has 2 atom stereocenters. The van der Waals surface area contributed by atoms with E-state index in [1.54, 1.807) is 26.0 Å². The van der Waals surface area contributed by atoms with Gasteiger partial charge < -0.3 is 14.8 Å².